The van der Waals surface area contributed by atoms with Gasteiger partial charge in [0.25, 0.3) is 0 Å². The fourth-order valence-corrected chi connectivity index (χ4v) is 6.08. The van der Waals surface area contributed by atoms with Gasteiger partial charge in [-0.2, -0.15) is 4.31 Å². The lowest BCUT2D eigenvalue weighted by Gasteiger charge is -2.30. The van der Waals surface area contributed by atoms with Crippen LogP contribution >= 0.6 is 11.3 Å². The van der Waals surface area contributed by atoms with E-state index >= 15 is 0 Å². The molecule has 0 atom stereocenters. The minimum absolute atomic E-state index is 0.142. The van der Waals surface area contributed by atoms with E-state index in [4.69, 9.17) is 9.47 Å². The number of hydrogen-bond donors (Lipinski definition) is 1. The quantitative estimate of drug-likeness (QED) is 0.581. The van der Waals surface area contributed by atoms with Gasteiger partial charge in [0, 0.05) is 31.1 Å². The molecular weight excluding hydrogens is 457 g/mol. The van der Waals surface area contributed by atoms with Crippen molar-refractivity contribution < 1.29 is 27.1 Å². The molecule has 1 N–H and O–H groups in total. The summed E-state index contributed by atoms with van der Waals surface area (Å²) in [6.45, 7) is 0.284. The lowest BCUT2D eigenvalue weighted by atomic mass is 9.97. The Hall–Kier alpha value is -2.76. The number of ether oxygens (including phenoxy) is 2. The summed E-state index contributed by atoms with van der Waals surface area (Å²) in [4.78, 5) is 16.8. The number of rotatable bonds is 6. The summed E-state index contributed by atoms with van der Waals surface area (Å²) in [6, 6.07) is 8.84. The minimum atomic E-state index is -3.94. The highest BCUT2D eigenvalue weighted by atomic mass is 32.2. The van der Waals surface area contributed by atoms with Crippen molar-refractivity contribution in [3.63, 3.8) is 0 Å². The number of halogens is 1. The van der Waals surface area contributed by atoms with Crippen LogP contribution < -0.4 is 14.8 Å². The van der Waals surface area contributed by atoms with Gasteiger partial charge in [0.1, 0.15) is 10.7 Å². The average Bonchev–Trinajstić information content (AvgIpc) is 3.19. The van der Waals surface area contributed by atoms with Crippen LogP contribution in [0.25, 0.3) is 10.2 Å². The summed E-state index contributed by atoms with van der Waals surface area (Å²) in [5.74, 6) is -0.239. The smallest absolute Gasteiger partial charge is 0.245 e. The first kappa shape index (κ1) is 22.4. The first-order valence-electron chi connectivity index (χ1n) is 9.91. The molecule has 1 fully saturated rings. The van der Waals surface area contributed by atoms with Gasteiger partial charge < -0.3 is 14.8 Å². The molecule has 0 bridgehead atoms. The number of fused-ring (bicyclic) bond motifs is 1. The number of amides is 1. The molecular formula is C21H22FN3O5S2. The van der Waals surface area contributed by atoms with Gasteiger partial charge >= 0.3 is 0 Å². The van der Waals surface area contributed by atoms with Gasteiger partial charge in [-0.25, -0.2) is 17.8 Å². The first-order chi connectivity index (χ1) is 15.3. The van der Waals surface area contributed by atoms with E-state index in [-0.39, 0.29) is 29.8 Å². The van der Waals surface area contributed by atoms with Crippen LogP contribution in [-0.4, -0.2) is 50.9 Å². The Kier molecular flexibility index (Phi) is 6.31. The summed E-state index contributed by atoms with van der Waals surface area (Å²) in [5, 5.41) is 3.28. The van der Waals surface area contributed by atoms with Gasteiger partial charge in [0.2, 0.25) is 15.9 Å². The van der Waals surface area contributed by atoms with Crippen molar-refractivity contribution in [2.24, 2.45) is 5.92 Å². The monoisotopic (exact) mass is 479 g/mol. The molecule has 1 aromatic heterocycles. The number of carbonyl (C=O) groups is 1. The van der Waals surface area contributed by atoms with E-state index in [1.54, 1.807) is 19.2 Å². The van der Waals surface area contributed by atoms with Crippen molar-refractivity contribution in [1.82, 2.24) is 9.29 Å². The van der Waals surface area contributed by atoms with Gasteiger partial charge in [-0.1, -0.05) is 23.5 Å². The van der Waals surface area contributed by atoms with Gasteiger partial charge in [-0.3, -0.25) is 4.79 Å². The highest BCUT2D eigenvalue weighted by molar-refractivity contribution is 7.89. The molecule has 4 rings (SSSR count). The van der Waals surface area contributed by atoms with E-state index in [0.717, 1.165) is 10.8 Å². The summed E-state index contributed by atoms with van der Waals surface area (Å²) in [7, 11) is -0.852. The molecule has 1 aliphatic rings. The van der Waals surface area contributed by atoms with Gasteiger partial charge in [0.05, 0.1) is 24.4 Å². The van der Waals surface area contributed by atoms with Crippen LogP contribution in [0.3, 0.4) is 0 Å². The third kappa shape index (κ3) is 4.27. The Balaban J connectivity index is 1.42. The fraction of sp³-hybridized carbons (Fsp3) is 0.333. The number of methoxy groups -OCH3 is 2. The maximum Gasteiger partial charge on any atom is 0.245 e. The summed E-state index contributed by atoms with van der Waals surface area (Å²) >= 11 is 1.32. The zero-order valence-corrected chi connectivity index (χ0v) is 19.1. The molecule has 32 heavy (non-hydrogen) atoms. The molecule has 0 radical (unpaired) electrons. The molecule has 1 amide bonds. The second-order valence-electron chi connectivity index (χ2n) is 7.29. The lowest BCUT2D eigenvalue weighted by molar-refractivity contribution is -0.120. The highest BCUT2D eigenvalue weighted by Gasteiger charge is 2.33. The molecule has 2 aromatic carbocycles. The Morgan fingerprint density at radius 2 is 1.81 bits per heavy atom. The number of piperidine rings is 1. The van der Waals surface area contributed by atoms with Crippen molar-refractivity contribution >= 4 is 42.6 Å². The SMILES string of the molecule is COc1cc2nc(NC(=O)C3CCN(S(=O)(=O)c4ccccc4F)CC3)sc2cc1OC. The largest absolute Gasteiger partial charge is 0.493 e. The molecule has 8 nitrogen and oxygen atoms in total. The van der Waals surface area contributed by atoms with Crippen molar-refractivity contribution in [3.8, 4) is 11.5 Å². The number of thiazole rings is 1. The first-order valence-corrected chi connectivity index (χ1v) is 12.2. The lowest BCUT2D eigenvalue weighted by Crippen LogP contribution is -2.41. The molecule has 3 aromatic rings. The molecule has 0 spiro atoms. The van der Waals surface area contributed by atoms with Crippen molar-refractivity contribution in [2.45, 2.75) is 17.7 Å². The molecule has 0 unspecified atom stereocenters. The Bertz CT molecular complexity index is 1210. The average molecular weight is 480 g/mol. The van der Waals surface area contributed by atoms with E-state index in [1.807, 2.05) is 0 Å². The molecule has 0 aliphatic carbocycles. The molecule has 0 saturated carbocycles. The maximum absolute atomic E-state index is 14.0. The number of carbonyl (C=O) groups excluding carboxylic acids is 1. The third-order valence-electron chi connectivity index (χ3n) is 5.40. The van der Waals surface area contributed by atoms with Crippen molar-refractivity contribution in [3.05, 3.63) is 42.2 Å². The second kappa shape index (κ2) is 9.00. The third-order valence-corrected chi connectivity index (χ3v) is 8.27. The van der Waals surface area contributed by atoms with Crippen LogP contribution in [0.1, 0.15) is 12.8 Å². The molecule has 11 heteroatoms. The number of anilines is 1. The van der Waals surface area contributed by atoms with Crippen LogP contribution in [0.4, 0.5) is 9.52 Å². The van der Waals surface area contributed by atoms with E-state index in [9.17, 15) is 17.6 Å². The van der Waals surface area contributed by atoms with E-state index in [2.05, 4.69) is 10.3 Å². The Morgan fingerprint density at radius 3 is 2.47 bits per heavy atom. The van der Waals surface area contributed by atoms with Gasteiger partial charge in [-0.05, 0) is 25.0 Å². The van der Waals surface area contributed by atoms with E-state index in [1.165, 1.54) is 41.0 Å². The number of hydrogen-bond acceptors (Lipinski definition) is 7. The minimum Gasteiger partial charge on any atom is -0.493 e. The zero-order chi connectivity index (χ0) is 22.9. The van der Waals surface area contributed by atoms with Gasteiger partial charge in [0.15, 0.2) is 16.6 Å². The molecule has 1 aliphatic heterocycles. The van der Waals surface area contributed by atoms with E-state index < -0.39 is 15.8 Å². The topological polar surface area (TPSA) is 97.8 Å². The number of aromatic nitrogens is 1. The van der Waals surface area contributed by atoms with Crippen LogP contribution in [0.15, 0.2) is 41.3 Å². The number of nitrogens with one attached hydrogen (secondary N) is 1. The summed E-state index contributed by atoms with van der Waals surface area (Å²) in [5.41, 5.74) is 0.675. The van der Waals surface area contributed by atoms with Crippen LogP contribution in [0.2, 0.25) is 0 Å². The summed E-state index contributed by atoms with van der Waals surface area (Å²) < 4.78 is 52.1. The fourth-order valence-electron chi connectivity index (χ4n) is 3.67. The number of sulfonamides is 1. The predicted molar refractivity (Wildman–Crippen MR) is 119 cm³/mol. The van der Waals surface area contributed by atoms with Crippen molar-refractivity contribution in [2.75, 3.05) is 32.6 Å². The Morgan fingerprint density at radius 1 is 1.16 bits per heavy atom. The Labute approximate surface area is 189 Å². The maximum atomic E-state index is 14.0. The number of nitrogens with zero attached hydrogens (tertiary/aromatic N) is 2. The standard InChI is InChI=1S/C21H22FN3O5S2/c1-29-16-11-15-18(12-17(16)30-2)31-21(23-15)24-20(26)13-7-9-25(10-8-13)32(27,28)19-6-4-3-5-14(19)22/h3-6,11-13H,7-10H2,1-2H3,(H,23,24,26). The number of benzene rings is 2. The second-order valence-corrected chi connectivity index (χ2v) is 10.2. The highest BCUT2D eigenvalue weighted by Crippen LogP contribution is 2.36. The molecule has 2 heterocycles. The molecule has 170 valence electrons. The summed E-state index contributed by atoms with van der Waals surface area (Å²) in [6.07, 6.45) is 0.679. The van der Waals surface area contributed by atoms with Crippen LogP contribution in [0, 0.1) is 11.7 Å². The molecule has 1 saturated heterocycles. The van der Waals surface area contributed by atoms with Crippen LogP contribution in [-0.2, 0) is 14.8 Å². The van der Waals surface area contributed by atoms with Crippen molar-refractivity contribution in [1.29, 1.82) is 0 Å². The van der Waals surface area contributed by atoms with Gasteiger partial charge in [-0.15, -0.1) is 0 Å². The van der Waals surface area contributed by atoms with Crippen LogP contribution in [0.5, 0.6) is 11.5 Å². The van der Waals surface area contributed by atoms with E-state index in [0.29, 0.717) is 35.0 Å². The zero-order valence-electron chi connectivity index (χ0n) is 17.5. The predicted octanol–water partition coefficient (Wildman–Crippen LogP) is 3.49. The normalized spacial score (nSPS) is 15.6.